The van der Waals surface area contributed by atoms with Gasteiger partial charge in [-0.1, -0.05) is 43.9 Å². The zero-order valence-electron chi connectivity index (χ0n) is 21.9. The molecule has 2 aromatic rings. The van der Waals surface area contributed by atoms with Gasteiger partial charge in [0, 0.05) is 35.8 Å². The number of rotatable bonds is 10. The lowest BCUT2D eigenvalue weighted by molar-refractivity contribution is -0.139. The molecule has 9 heteroatoms. The van der Waals surface area contributed by atoms with Crippen molar-refractivity contribution in [2.24, 2.45) is 0 Å². The number of para-hydroxylation sites is 1. The topological polar surface area (TPSA) is 114 Å². The van der Waals surface area contributed by atoms with E-state index in [1.54, 1.807) is 0 Å². The van der Waals surface area contributed by atoms with Crippen molar-refractivity contribution in [2.45, 2.75) is 59.0 Å². The third-order valence-corrected chi connectivity index (χ3v) is 6.47. The van der Waals surface area contributed by atoms with E-state index >= 15 is 0 Å². The van der Waals surface area contributed by atoms with Crippen LogP contribution >= 0.6 is 0 Å². The highest BCUT2D eigenvalue weighted by atomic mass is 16.5. The Hall–Kier alpha value is -3.81. The number of aliphatic hydroxyl groups is 1. The van der Waals surface area contributed by atoms with Crippen molar-refractivity contribution < 1.29 is 19.7 Å². The normalized spacial score (nSPS) is 13.8. The number of unbranched alkanes of at least 4 members (excludes halogenated alkanes) is 1. The van der Waals surface area contributed by atoms with Crippen LogP contribution in [-0.2, 0) is 28.0 Å². The van der Waals surface area contributed by atoms with E-state index in [-0.39, 0.29) is 37.4 Å². The fourth-order valence-corrected chi connectivity index (χ4v) is 4.46. The van der Waals surface area contributed by atoms with E-state index in [1.165, 1.54) is 13.0 Å². The van der Waals surface area contributed by atoms with Crippen LogP contribution in [0.2, 0.25) is 0 Å². The first-order valence-electron chi connectivity index (χ1n) is 12.4. The quantitative estimate of drug-likeness (QED) is 0.288. The van der Waals surface area contributed by atoms with E-state index in [1.807, 2.05) is 49.9 Å². The van der Waals surface area contributed by atoms with Crippen LogP contribution in [0.4, 0.5) is 5.69 Å². The number of fused-ring (bicyclic) bond motifs is 1. The van der Waals surface area contributed by atoms with Gasteiger partial charge in [-0.2, -0.15) is 0 Å². The summed E-state index contributed by atoms with van der Waals surface area (Å²) in [4.78, 5) is 40.1. The molecule has 1 aliphatic heterocycles. The molecular formula is C28H35N3O6. The number of hydrogen-bond acceptors (Lipinski definition) is 7. The number of hydrogen-bond donors (Lipinski definition) is 2. The maximum absolute atomic E-state index is 13.3. The van der Waals surface area contributed by atoms with Crippen molar-refractivity contribution in [3.63, 3.8) is 0 Å². The molecule has 0 amide bonds. The van der Waals surface area contributed by atoms with Gasteiger partial charge in [-0.15, -0.1) is 0 Å². The highest BCUT2D eigenvalue weighted by Crippen LogP contribution is 2.46. The number of esters is 1. The molecule has 0 spiro atoms. The van der Waals surface area contributed by atoms with Crippen molar-refractivity contribution in [3.05, 3.63) is 79.8 Å². The minimum atomic E-state index is -0.711. The molecule has 0 saturated carbocycles. The highest BCUT2D eigenvalue weighted by Gasteiger charge is 2.39. The number of β-amino-alcohol motifs (C(OH)–C–C–N with tert-alkyl or cyclic N) is 1. The molecule has 37 heavy (non-hydrogen) atoms. The molecule has 0 bridgehead atoms. The Balaban J connectivity index is 2.15. The van der Waals surface area contributed by atoms with Gasteiger partial charge < -0.3 is 19.8 Å². The molecule has 0 atom stereocenters. The lowest BCUT2D eigenvalue weighted by Crippen LogP contribution is -2.42. The number of anilines is 1. The number of aromatic hydroxyl groups is 1. The van der Waals surface area contributed by atoms with E-state index in [0.717, 1.165) is 32.5 Å². The number of ether oxygens (including phenoxy) is 1. The zero-order chi connectivity index (χ0) is 27.3. The van der Waals surface area contributed by atoms with Crippen LogP contribution < -0.4 is 16.1 Å². The summed E-state index contributed by atoms with van der Waals surface area (Å²) < 4.78 is 7.20. The molecule has 1 aromatic heterocycles. The molecule has 9 nitrogen and oxygen atoms in total. The molecular weight excluding hydrogens is 474 g/mol. The number of carbonyl (C=O) groups excluding carboxylic acids is 1. The largest absolute Gasteiger partial charge is 0.494 e. The number of nitrogens with zero attached hydrogens (tertiary/aromatic N) is 3. The van der Waals surface area contributed by atoms with Gasteiger partial charge in [-0.05, 0) is 38.8 Å². The number of carbonyl (C=O) groups is 1. The predicted octanol–water partition coefficient (Wildman–Crippen LogP) is 2.92. The summed E-state index contributed by atoms with van der Waals surface area (Å²) in [7, 11) is 0. The summed E-state index contributed by atoms with van der Waals surface area (Å²) in [6, 6.07) is 7.83. The Labute approximate surface area is 216 Å². The SMILES string of the molecule is C=C(C)C(=O)OCCn1c(=O)c(C=C=C2N(CCO)c3ccccc3C2(C)C)c(O)n(CCCC)c1=O. The average molecular weight is 510 g/mol. The lowest BCUT2D eigenvalue weighted by atomic mass is 9.84. The predicted molar refractivity (Wildman–Crippen MR) is 143 cm³/mol. The number of aliphatic hydroxyl groups excluding tert-OH is 1. The smallest absolute Gasteiger partial charge is 0.333 e. The van der Waals surface area contributed by atoms with Crippen LogP contribution in [0.1, 0.15) is 51.7 Å². The fourth-order valence-electron chi connectivity index (χ4n) is 4.46. The third-order valence-electron chi connectivity index (χ3n) is 6.47. The molecule has 0 fully saturated rings. The van der Waals surface area contributed by atoms with Crippen LogP contribution in [0.3, 0.4) is 0 Å². The zero-order valence-corrected chi connectivity index (χ0v) is 21.9. The van der Waals surface area contributed by atoms with E-state index < -0.39 is 28.5 Å². The van der Waals surface area contributed by atoms with E-state index in [2.05, 4.69) is 12.3 Å². The summed E-state index contributed by atoms with van der Waals surface area (Å²) in [6.45, 7) is 11.1. The van der Waals surface area contributed by atoms with Gasteiger partial charge in [0.15, 0.2) is 0 Å². The molecule has 1 aliphatic rings. The molecule has 3 rings (SSSR count). The Morgan fingerprint density at radius 2 is 1.86 bits per heavy atom. The van der Waals surface area contributed by atoms with Crippen molar-refractivity contribution in [1.82, 2.24) is 9.13 Å². The van der Waals surface area contributed by atoms with E-state index in [0.29, 0.717) is 13.0 Å². The summed E-state index contributed by atoms with van der Waals surface area (Å²) in [5.41, 5.74) is 4.14. The first kappa shape index (κ1) is 27.8. The molecule has 2 N–H and O–H groups in total. The maximum atomic E-state index is 13.3. The van der Waals surface area contributed by atoms with Crippen molar-refractivity contribution in [3.8, 4) is 5.88 Å². The molecule has 2 heterocycles. The van der Waals surface area contributed by atoms with Crippen LogP contribution in [0.5, 0.6) is 5.88 Å². The van der Waals surface area contributed by atoms with Gasteiger partial charge in [0.25, 0.3) is 5.56 Å². The molecule has 0 unspecified atom stereocenters. The first-order valence-corrected chi connectivity index (χ1v) is 12.4. The van der Waals surface area contributed by atoms with E-state index in [4.69, 9.17) is 4.74 Å². The number of allylic oxidation sites excluding steroid dienone is 1. The van der Waals surface area contributed by atoms with Gasteiger partial charge in [0.05, 0.1) is 18.8 Å². The molecule has 1 aromatic carbocycles. The van der Waals surface area contributed by atoms with Gasteiger partial charge in [0.1, 0.15) is 12.2 Å². The lowest BCUT2D eigenvalue weighted by Gasteiger charge is -2.24. The second-order valence-electron chi connectivity index (χ2n) is 9.55. The number of benzene rings is 1. The fraction of sp³-hybridized carbons (Fsp3) is 0.429. The average Bonchev–Trinajstić information content (AvgIpc) is 3.07. The standard InChI is InChI=1S/C28H35N3O6/c1-6-7-14-30-24(33)20(25(34)31(27(30)36)16-18-37-26(35)19(2)3)12-13-23-28(4,5)21-10-8-9-11-22(21)29(23)15-17-32/h8-12,32-33H,2,6-7,14-18H2,1,3-5H3. The Morgan fingerprint density at radius 1 is 1.16 bits per heavy atom. The maximum Gasteiger partial charge on any atom is 0.333 e. The van der Waals surface area contributed by atoms with Crippen LogP contribution in [0.25, 0.3) is 6.08 Å². The summed E-state index contributed by atoms with van der Waals surface area (Å²) in [6.07, 6.45) is 2.79. The third kappa shape index (κ3) is 5.48. The van der Waals surface area contributed by atoms with Crippen molar-refractivity contribution in [1.29, 1.82) is 0 Å². The van der Waals surface area contributed by atoms with Crippen LogP contribution in [0.15, 0.2) is 57.4 Å². The highest BCUT2D eigenvalue weighted by molar-refractivity contribution is 5.86. The van der Waals surface area contributed by atoms with Gasteiger partial charge >= 0.3 is 11.7 Å². The molecule has 198 valence electrons. The van der Waals surface area contributed by atoms with Crippen molar-refractivity contribution in [2.75, 3.05) is 24.7 Å². The molecule has 0 radical (unpaired) electrons. The van der Waals surface area contributed by atoms with Gasteiger partial charge in [0.2, 0.25) is 5.88 Å². The van der Waals surface area contributed by atoms with Gasteiger partial charge in [-0.25, -0.2) is 9.59 Å². The summed E-state index contributed by atoms with van der Waals surface area (Å²) in [5, 5.41) is 20.6. The second-order valence-corrected chi connectivity index (χ2v) is 9.55. The van der Waals surface area contributed by atoms with E-state index in [9.17, 15) is 24.6 Å². The molecule has 0 aliphatic carbocycles. The Kier molecular flexibility index (Phi) is 8.63. The summed E-state index contributed by atoms with van der Waals surface area (Å²) in [5.74, 6) is -1.05. The Morgan fingerprint density at radius 3 is 2.51 bits per heavy atom. The van der Waals surface area contributed by atoms with Crippen LogP contribution in [-0.4, -0.2) is 45.1 Å². The Bertz CT molecular complexity index is 1380. The van der Waals surface area contributed by atoms with Gasteiger partial charge in [-0.3, -0.25) is 13.9 Å². The second kappa shape index (κ2) is 11.5. The van der Waals surface area contributed by atoms with Crippen LogP contribution in [0, 0.1) is 0 Å². The van der Waals surface area contributed by atoms with Crippen molar-refractivity contribution >= 4 is 17.7 Å². The number of aromatic nitrogens is 2. The minimum absolute atomic E-state index is 0.0849. The monoisotopic (exact) mass is 509 g/mol. The summed E-state index contributed by atoms with van der Waals surface area (Å²) >= 11 is 0. The minimum Gasteiger partial charge on any atom is -0.494 e. The molecule has 0 saturated heterocycles. The first-order chi connectivity index (χ1) is 17.6.